The zero-order valence-electron chi connectivity index (χ0n) is 12.9. The Morgan fingerprint density at radius 3 is 2.91 bits per heavy atom. The maximum absolute atomic E-state index is 12.1. The Morgan fingerprint density at radius 1 is 1.27 bits per heavy atom. The largest absolute Gasteiger partial charge is 0.326 e. The molecule has 2 aliphatic heterocycles. The zero-order chi connectivity index (χ0) is 15.2. The van der Waals surface area contributed by atoms with E-state index in [2.05, 4.69) is 29.6 Å². The molecule has 2 fully saturated rings. The van der Waals surface area contributed by atoms with Crippen molar-refractivity contribution < 1.29 is 4.79 Å². The van der Waals surface area contributed by atoms with Gasteiger partial charge in [-0.1, -0.05) is 48.9 Å². The molecule has 3 rings (SSSR count). The van der Waals surface area contributed by atoms with Gasteiger partial charge < -0.3 is 10.2 Å². The van der Waals surface area contributed by atoms with Crippen LogP contribution in [-0.4, -0.2) is 41.1 Å². The predicted molar refractivity (Wildman–Crippen MR) is 93.7 cm³/mol. The minimum absolute atomic E-state index is 0.191. The van der Waals surface area contributed by atoms with E-state index in [1.165, 1.54) is 24.8 Å². The molecule has 4 heteroatoms. The van der Waals surface area contributed by atoms with Gasteiger partial charge in [-0.05, 0) is 31.4 Å². The molecular formula is C18H24N2OS. The van der Waals surface area contributed by atoms with Crippen LogP contribution in [0.5, 0.6) is 0 Å². The maximum Gasteiger partial charge on any atom is 0.233 e. The van der Waals surface area contributed by atoms with E-state index in [1.54, 1.807) is 11.8 Å². The summed E-state index contributed by atoms with van der Waals surface area (Å²) in [6.07, 6.45) is 9.22. The summed E-state index contributed by atoms with van der Waals surface area (Å²) in [5.41, 5.74) is 1.19. The molecule has 1 aromatic rings. The Labute approximate surface area is 137 Å². The number of hydrogen-bond acceptors (Lipinski definition) is 3. The van der Waals surface area contributed by atoms with E-state index in [9.17, 15) is 4.79 Å². The van der Waals surface area contributed by atoms with Gasteiger partial charge in [-0.25, -0.2) is 0 Å². The lowest BCUT2D eigenvalue weighted by Gasteiger charge is -2.27. The first-order valence-electron chi connectivity index (χ1n) is 8.20. The number of piperidine rings is 1. The SMILES string of the molecule is O=C1CSC(C=Cc2ccccc2)N1CCC1CCCCN1. The van der Waals surface area contributed by atoms with Crippen LogP contribution in [0.1, 0.15) is 31.2 Å². The van der Waals surface area contributed by atoms with Crippen molar-refractivity contribution in [2.75, 3.05) is 18.8 Å². The van der Waals surface area contributed by atoms with Crippen LogP contribution in [0, 0.1) is 0 Å². The topological polar surface area (TPSA) is 32.3 Å². The molecule has 2 atom stereocenters. The van der Waals surface area contributed by atoms with E-state index >= 15 is 0 Å². The lowest BCUT2D eigenvalue weighted by Crippen LogP contribution is -2.39. The molecule has 1 amide bonds. The van der Waals surface area contributed by atoms with E-state index in [1.807, 2.05) is 23.1 Å². The molecular weight excluding hydrogens is 292 g/mol. The standard InChI is InChI=1S/C18H24N2OS/c21-17-14-22-18(10-9-15-6-2-1-3-7-15)20(17)13-11-16-8-4-5-12-19-16/h1-3,6-7,9-10,16,18-19H,4-5,8,11-14H2. The number of carbonyl (C=O) groups is 1. The first-order chi connectivity index (χ1) is 10.8. The van der Waals surface area contributed by atoms with Crippen LogP contribution in [0.3, 0.4) is 0 Å². The van der Waals surface area contributed by atoms with E-state index in [-0.39, 0.29) is 11.3 Å². The van der Waals surface area contributed by atoms with Gasteiger partial charge in [0.2, 0.25) is 5.91 Å². The van der Waals surface area contributed by atoms with Gasteiger partial charge in [0.15, 0.2) is 0 Å². The second-order valence-corrected chi connectivity index (χ2v) is 7.10. The number of thioether (sulfide) groups is 1. The van der Waals surface area contributed by atoms with E-state index in [0.29, 0.717) is 11.8 Å². The van der Waals surface area contributed by atoms with Gasteiger partial charge >= 0.3 is 0 Å². The molecule has 3 nitrogen and oxygen atoms in total. The number of benzene rings is 1. The van der Waals surface area contributed by atoms with Crippen molar-refractivity contribution in [2.45, 2.75) is 37.1 Å². The highest BCUT2D eigenvalue weighted by Gasteiger charge is 2.30. The fourth-order valence-corrected chi connectivity index (χ4v) is 4.18. The van der Waals surface area contributed by atoms with Crippen LogP contribution in [0.4, 0.5) is 0 Å². The van der Waals surface area contributed by atoms with Crippen molar-refractivity contribution in [1.29, 1.82) is 0 Å². The van der Waals surface area contributed by atoms with Crippen molar-refractivity contribution in [3.8, 4) is 0 Å². The van der Waals surface area contributed by atoms with Gasteiger partial charge in [-0.2, -0.15) is 0 Å². The number of amides is 1. The zero-order valence-corrected chi connectivity index (χ0v) is 13.7. The van der Waals surface area contributed by atoms with Crippen LogP contribution < -0.4 is 5.32 Å². The van der Waals surface area contributed by atoms with Crippen molar-refractivity contribution in [3.63, 3.8) is 0 Å². The Morgan fingerprint density at radius 2 is 2.14 bits per heavy atom. The maximum atomic E-state index is 12.1. The molecule has 2 unspecified atom stereocenters. The van der Waals surface area contributed by atoms with Crippen molar-refractivity contribution in [3.05, 3.63) is 42.0 Å². The minimum Gasteiger partial charge on any atom is -0.326 e. The number of nitrogens with zero attached hydrogens (tertiary/aromatic N) is 1. The molecule has 1 N–H and O–H groups in total. The van der Waals surface area contributed by atoms with Crippen LogP contribution in [0.15, 0.2) is 36.4 Å². The number of rotatable bonds is 5. The highest BCUT2D eigenvalue weighted by atomic mass is 32.2. The van der Waals surface area contributed by atoms with Crippen LogP contribution >= 0.6 is 11.8 Å². The average molecular weight is 316 g/mol. The number of carbonyl (C=O) groups excluding carboxylic acids is 1. The molecule has 118 valence electrons. The first kappa shape index (κ1) is 15.6. The Kier molecular flexibility index (Phi) is 5.57. The van der Waals surface area contributed by atoms with Crippen molar-refractivity contribution in [2.24, 2.45) is 0 Å². The molecule has 2 heterocycles. The van der Waals surface area contributed by atoms with Gasteiger partial charge in [-0.15, -0.1) is 11.8 Å². The van der Waals surface area contributed by atoms with E-state index in [4.69, 9.17) is 0 Å². The Bertz CT molecular complexity index is 511. The molecule has 0 aliphatic carbocycles. The van der Waals surface area contributed by atoms with Gasteiger partial charge in [0, 0.05) is 12.6 Å². The third-order valence-corrected chi connectivity index (χ3v) is 5.56. The molecule has 22 heavy (non-hydrogen) atoms. The van der Waals surface area contributed by atoms with E-state index < -0.39 is 0 Å². The Balaban J connectivity index is 1.56. The smallest absolute Gasteiger partial charge is 0.233 e. The summed E-state index contributed by atoms with van der Waals surface area (Å²) in [5, 5.41) is 3.76. The monoisotopic (exact) mass is 316 g/mol. The molecule has 1 aromatic carbocycles. The summed E-state index contributed by atoms with van der Waals surface area (Å²) in [5.74, 6) is 0.894. The normalized spacial score (nSPS) is 26.0. The lowest BCUT2D eigenvalue weighted by atomic mass is 10.0. The van der Waals surface area contributed by atoms with Gasteiger partial charge in [0.25, 0.3) is 0 Å². The van der Waals surface area contributed by atoms with E-state index in [0.717, 1.165) is 19.5 Å². The van der Waals surface area contributed by atoms with Crippen molar-refractivity contribution >= 4 is 23.7 Å². The molecule has 0 saturated carbocycles. The fourth-order valence-electron chi connectivity index (χ4n) is 3.11. The quantitative estimate of drug-likeness (QED) is 0.906. The number of nitrogens with one attached hydrogen (secondary N) is 1. The average Bonchev–Trinajstić information content (AvgIpc) is 2.93. The summed E-state index contributed by atoms with van der Waals surface area (Å²) in [6, 6.07) is 10.9. The molecule has 0 radical (unpaired) electrons. The summed E-state index contributed by atoms with van der Waals surface area (Å²) in [4.78, 5) is 14.2. The molecule has 2 saturated heterocycles. The molecule has 0 spiro atoms. The van der Waals surface area contributed by atoms with Crippen molar-refractivity contribution in [1.82, 2.24) is 10.2 Å². The van der Waals surface area contributed by atoms with Crippen LogP contribution in [0.2, 0.25) is 0 Å². The highest BCUT2D eigenvalue weighted by molar-refractivity contribution is 8.01. The second kappa shape index (κ2) is 7.84. The first-order valence-corrected chi connectivity index (χ1v) is 9.25. The minimum atomic E-state index is 0.191. The number of hydrogen-bond donors (Lipinski definition) is 1. The third kappa shape index (κ3) is 4.14. The summed E-state index contributed by atoms with van der Waals surface area (Å²) in [7, 11) is 0. The predicted octanol–water partition coefficient (Wildman–Crippen LogP) is 3.13. The summed E-state index contributed by atoms with van der Waals surface area (Å²) < 4.78 is 0. The van der Waals surface area contributed by atoms with Gasteiger partial charge in [-0.3, -0.25) is 4.79 Å². The molecule has 0 bridgehead atoms. The Hall–Kier alpha value is -1.26. The van der Waals surface area contributed by atoms with Gasteiger partial charge in [0.1, 0.15) is 0 Å². The third-order valence-electron chi connectivity index (χ3n) is 4.39. The summed E-state index contributed by atoms with van der Waals surface area (Å²) >= 11 is 1.73. The summed E-state index contributed by atoms with van der Waals surface area (Å²) in [6.45, 7) is 2.00. The lowest BCUT2D eigenvalue weighted by molar-refractivity contribution is -0.127. The molecule has 2 aliphatic rings. The second-order valence-electron chi connectivity index (χ2n) is 5.99. The van der Waals surface area contributed by atoms with Gasteiger partial charge in [0.05, 0.1) is 11.1 Å². The fraction of sp³-hybridized carbons (Fsp3) is 0.500. The highest BCUT2D eigenvalue weighted by Crippen LogP contribution is 2.27. The van der Waals surface area contributed by atoms with Crippen LogP contribution in [0.25, 0.3) is 6.08 Å². The van der Waals surface area contributed by atoms with Crippen LogP contribution in [-0.2, 0) is 4.79 Å². The molecule has 0 aromatic heterocycles.